The van der Waals surface area contributed by atoms with Gasteiger partial charge < -0.3 is 4.74 Å². The van der Waals surface area contributed by atoms with E-state index in [-0.39, 0.29) is 11.8 Å². The lowest BCUT2D eigenvalue weighted by Gasteiger charge is -2.18. The molecule has 1 aliphatic rings. The zero-order valence-electron chi connectivity index (χ0n) is 10.9. The normalized spacial score (nSPS) is 13.6. The fraction of sp³-hybridized carbons (Fsp3) is 0.0667. The highest BCUT2D eigenvalue weighted by Crippen LogP contribution is 2.41. The molecule has 0 fully saturated rings. The van der Waals surface area contributed by atoms with E-state index >= 15 is 0 Å². The molecular formula is C15H9BrClNO3. The Hall–Kier alpha value is -1.85. The summed E-state index contributed by atoms with van der Waals surface area (Å²) in [5.41, 5.74) is 1.07. The van der Waals surface area contributed by atoms with E-state index in [1.807, 2.05) is 0 Å². The topological polar surface area (TPSA) is 46.6 Å². The standard InChI is InChI=1S/C15H9BrClNO3/c1-21-13-11(16)6-8(17)7-12(13)18-14(19)9-4-2-3-5-10(9)15(18)20/h2-7H,1H3. The molecule has 0 unspecified atom stereocenters. The summed E-state index contributed by atoms with van der Waals surface area (Å²) >= 11 is 9.35. The smallest absolute Gasteiger partial charge is 0.266 e. The molecule has 0 bridgehead atoms. The van der Waals surface area contributed by atoms with E-state index in [2.05, 4.69) is 15.9 Å². The Morgan fingerprint density at radius 2 is 1.67 bits per heavy atom. The summed E-state index contributed by atoms with van der Waals surface area (Å²) in [5, 5.41) is 0.397. The fourth-order valence-corrected chi connectivity index (χ4v) is 3.28. The van der Waals surface area contributed by atoms with E-state index in [9.17, 15) is 9.59 Å². The zero-order chi connectivity index (χ0) is 15.1. The molecule has 0 saturated carbocycles. The molecule has 1 aliphatic heterocycles. The lowest BCUT2D eigenvalue weighted by Crippen LogP contribution is -2.29. The number of hydrogen-bond acceptors (Lipinski definition) is 3. The maximum atomic E-state index is 12.5. The largest absolute Gasteiger partial charge is 0.493 e. The third-order valence-electron chi connectivity index (χ3n) is 3.23. The van der Waals surface area contributed by atoms with Gasteiger partial charge in [-0.1, -0.05) is 23.7 Å². The quantitative estimate of drug-likeness (QED) is 0.757. The van der Waals surface area contributed by atoms with Crippen molar-refractivity contribution in [3.63, 3.8) is 0 Å². The number of benzene rings is 2. The van der Waals surface area contributed by atoms with Crippen molar-refractivity contribution in [1.82, 2.24) is 0 Å². The van der Waals surface area contributed by atoms with Crippen molar-refractivity contribution in [3.8, 4) is 5.75 Å². The van der Waals surface area contributed by atoms with Crippen LogP contribution in [0.5, 0.6) is 5.75 Å². The minimum Gasteiger partial charge on any atom is -0.493 e. The van der Waals surface area contributed by atoms with Crippen LogP contribution in [0.4, 0.5) is 5.69 Å². The maximum Gasteiger partial charge on any atom is 0.266 e. The van der Waals surface area contributed by atoms with Gasteiger partial charge >= 0.3 is 0 Å². The molecule has 106 valence electrons. The number of halogens is 2. The number of hydrogen-bond donors (Lipinski definition) is 0. The van der Waals surface area contributed by atoms with Gasteiger partial charge in [-0.25, -0.2) is 4.90 Å². The second-order valence-corrected chi connectivity index (χ2v) is 5.72. The van der Waals surface area contributed by atoms with E-state index < -0.39 is 0 Å². The van der Waals surface area contributed by atoms with Crippen molar-refractivity contribution in [3.05, 3.63) is 57.0 Å². The number of amides is 2. The maximum absolute atomic E-state index is 12.5. The minimum absolute atomic E-state index is 0.322. The third kappa shape index (κ3) is 2.13. The summed E-state index contributed by atoms with van der Waals surface area (Å²) in [7, 11) is 1.47. The molecule has 1 heterocycles. The molecule has 2 aromatic carbocycles. The monoisotopic (exact) mass is 365 g/mol. The van der Waals surface area contributed by atoms with Gasteiger partial charge in [0.25, 0.3) is 11.8 Å². The van der Waals surface area contributed by atoms with Gasteiger partial charge in [-0.2, -0.15) is 0 Å². The Labute approximate surface area is 134 Å². The van der Waals surface area contributed by atoms with Crippen molar-refractivity contribution in [2.45, 2.75) is 0 Å². The highest BCUT2D eigenvalue weighted by molar-refractivity contribution is 9.10. The van der Waals surface area contributed by atoms with Gasteiger partial charge in [-0.15, -0.1) is 0 Å². The number of anilines is 1. The van der Waals surface area contributed by atoms with Crippen LogP contribution in [-0.4, -0.2) is 18.9 Å². The first-order valence-electron chi connectivity index (χ1n) is 6.05. The molecule has 0 aromatic heterocycles. The Bertz CT molecular complexity index is 741. The summed E-state index contributed by atoms with van der Waals surface area (Å²) in [4.78, 5) is 26.1. The van der Waals surface area contributed by atoms with Gasteiger partial charge in [0.15, 0.2) is 5.75 Å². The molecule has 6 heteroatoms. The van der Waals surface area contributed by atoms with Gasteiger partial charge in [0, 0.05) is 5.02 Å². The summed E-state index contributed by atoms with van der Waals surface area (Å²) in [6.07, 6.45) is 0. The highest BCUT2D eigenvalue weighted by atomic mass is 79.9. The molecule has 0 aliphatic carbocycles. The Morgan fingerprint density at radius 3 is 2.19 bits per heavy atom. The summed E-state index contributed by atoms with van der Waals surface area (Å²) in [6, 6.07) is 9.87. The lowest BCUT2D eigenvalue weighted by molar-refractivity contribution is 0.0925. The van der Waals surface area contributed by atoms with Crippen molar-refractivity contribution in [1.29, 1.82) is 0 Å². The number of carbonyl (C=O) groups is 2. The Balaban J connectivity index is 2.20. The molecule has 4 nitrogen and oxygen atoms in total. The number of methoxy groups -OCH3 is 1. The SMILES string of the molecule is COc1c(Br)cc(Cl)cc1N1C(=O)c2ccccc2C1=O. The number of imide groups is 1. The predicted molar refractivity (Wildman–Crippen MR) is 83.3 cm³/mol. The van der Waals surface area contributed by atoms with Gasteiger partial charge in [-0.3, -0.25) is 9.59 Å². The Morgan fingerprint density at radius 1 is 1.10 bits per heavy atom. The first kappa shape index (κ1) is 14.1. The van der Waals surface area contributed by atoms with Crippen LogP contribution in [0.3, 0.4) is 0 Å². The number of nitrogens with zero attached hydrogens (tertiary/aromatic N) is 1. The van der Waals surface area contributed by atoms with Crippen molar-refractivity contribution >= 4 is 45.0 Å². The first-order valence-corrected chi connectivity index (χ1v) is 7.22. The second-order valence-electron chi connectivity index (χ2n) is 4.43. The summed E-state index contributed by atoms with van der Waals surface area (Å²) < 4.78 is 5.86. The molecule has 0 saturated heterocycles. The Kier molecular flexibility index (Phi) is 3.47. The minimum atomic E-state index is -0.386. The molecule has 0 spiro atoms. The number of ether oxygens (including phenoxy) is 1. The van der Waals surface area contributed by atoms with Gasteiger partial charge in [0.1, 0.15) is 0 Å². The van der Waals surface area contributed by atoms with E-state index in [1.54, 1.807) is 30.3 Å². The average Bonchev–Trinajstić information content (AvgIpc) is 2.71. The van der Waals surface area contributed by atoms with E-state index in [0.29, 0.717) is 32.1 Å². The fourth-order valence-electron chi connectivity index (χ4n) is 2.32. The summed E-state index contributed by atoms with van der Waals surface area (Å²) in [6.45, 7) is 0. The van der Waals surface area contributed by atoms with Crippen molar-refractivity contribution in [2.75, 3.05) is 12.0 Å². The number of fused-ring (bicyclic) bond motifs is 1. The third-order valence-corrected chi connectivity index (χ3v) is 4.04. The molecule has 0 N–H and O–H groups in total. The van der Waals surface area contributed by atoms with Crippen LogP contribution >= 0.6 is 27.5 Å². The highest BCUT2D eigenvalue weighted by Gasteiger charge is 2.38. The second kappa shape index (κ2) is 5.16. The van der Waals surface area contributed by atoms with Crippen molar-refractivity contribution in [2.24, 2.45) is 0 Å². The number of rotatable bonds is 2. The van der Waals surface area contributed by atoms with Crippen LogP contribution in [0.1, 0.15) is 20.7 Å². The van der Waals surface area contributed by atoms with Crippen LogP contribution < -0.4 is 9.64 Å². The van der Waals surface area contributed by atoms with Crippen LogP contribution in [0.15, 0.2) is 40.9 Å². The van der Waals surface area contributed by atoms with Gasteiger partial charge in [0.05, 0.1) is 28.4 Å². The average molecular weight is 367 g/mol. The van der Waals surface area contributed by atoms with Crippen molar-refractivity contribution < 1.29 is 14.3 Å². The molecule has 0 radical (unpaired) electrons. The van der Waals surface area contributed by atoms with E-state index in [0.717, 1.165) is 4.90 Å². The van der Waals surface area contributed by atoms with Crippen LogP contribution in [0.25, 0.3) is 0 Å². The van der Waals surface area contributed by atoms with Gasteiger partial charge in [0.2, 0.25) is 0 Å². The molecule has 2 amide bonds. The lowest BCUT2D eigenvalue weighted by atomic mass is 10.1. The predicted octanol–water partition coefficient (Wildman–Crippen LogP) is 3.91. The molecule has 2 aromatic rings. The summed E-state index contributed by atoms with van der Waals surface area (Å²) in [5.74, 6) is -0.389. The first-order chi connectivity index (χ1) is 10.0. The molecule has 3 rings (SSSR count). The van der Waals surface area contributed by atoms with Gasteiger partial charge in [-0.05, 0) is 40.2 Å². The molecular weight excluding hydrogens is 358 g/mol. The number of carbonyl (C=O) groups excluding carboxylic acids is 2. The van der Waals surface area contributed by atoms with Crippen LogP contribution in [-0.2, 0) is 0 Å². The van der Waals surface area contributed by atoms with E-state index in [1.165, 1.54) is 13.2 Å². The van der Waals surface area contributed by atoms with Crippen LogP contribution in [0, 0.1) is 0 Å². The molecule has 0 atom stereocenters. The van der Waals surface area contributed by atoms with E-state index in [4.69, 9.17) is 16.3 Å². The molecule has 21 heavy (non-hydrogen) atoms. The zero-order valence-corrected chi connectivity index (χ0v) is 13.2. The van der Waals surface area contributed by atoms with Crippen LogP contribution in [0.2, 0.25) is 5.02 Å².